The number of sulfonamides is 1. The average molecular weight is 649 g/mol. The van der Waals surface area contributed by atoms with Gasteiger partial charge in [-0.3, -0.25) is 9.52 Å². The van der Waals surface area contributed by atoms with E-state index in [4.69, 9.17) is 4.98 Å². The van der Waals surface area contributed by atoms with Crippen molar-refractivity contribution in [3.8, 4) is 0 Å². The maximum Gasteiger partial charge on any atom is 0.274 e. The fraction of sp³-hybridized carbons (Fsp3) is 0.562. The molecule has 4 N–H and O–H groups in total. The predicted molar refractivity (Wildman–Crippen MR) is 171 cm³/mol. The Morgan fingerprint density at radius 3 is 2.70 bits per heavy atom. The van der Waals surface area contributed by atoms with E-state index >= 15 is 0 Å². The Bertz CT molecular complexity index is 1620. The van der Waals surface area contributed by atoms with Crippen LogP contribution in [0.1, 0.15) is 85.4 Å². The van der Waals surface area contributed by atoms with Crippen molar-refractivity contribution in [1.29, 1.82) is 0 Å². The first-order valence-corrected chi connectivity index (χ1v) is 17.9. The Morgan fingerprint density at radius 1 is 1.20 bits per heavy atom. The van der Waals surface area contributed by atoms with Gasteiger partial charge in [-0.15, -0.1) is 11.3 Å². The van der Waals surface area contributed by atoms with Gasteiger partial charge in [-0.1, -0.05) is 32.9 Å². The van der Waals surface area contributed by atoms with Crippen LogP contribution in [-0.2, 0) is 22.9 Å². The van der Waals surface area contributed by atoms with Gasteiger partial charge in [0.1, 0.15) is 10.9 Å². The smallest absolute Gasteiger partial charge is 0.274 e. The number of aliphatic hydroxyl groups is 1. The van der Waals surface area contributed by atoms with E-state index in [9.17, 15) is 27.1 Å². The van der Waals surface area contributed by atoms with Crippen molar-refractivity contribution in [3.05, 3.63) is 58.1 Å². The second-order valence-electron chi connectivity index (χ2n) is 13.4. The van der Waals surface area contributed by atoms with Gasteiger partial charge in [-0.05, 0) is 91.8 Å². The molecule has 12 heteroatoms. The number of fused-ring (bicyclic) bond motifs is 2. The van der Waals surface area contributed by atoms with Crippen LogP contribution in [0.5, 0.6) is 0 Å². The van der Waals surface area contributed by atoms with E-state index < -0.39 is 34.1 Å². The highest BCUT2D eigenvalue weighted by Gasteiger charge is 2.45. The second-order valence-corrected chi connectivity index (χ2v) is 16.2. The molecule has 1 saturated carbocycles. The number of benzene rings is 1. The van der Waals surface area contributed by atoms with E-state index in [1.54, 1.807) is 24.3 Å². The van der Waals surface area contributed by atoms with Crippen LogP contribution in [0.4, 0.5) is 14.5 Å². The molecule has 1 amide bonds. The van der Waals surface area contributed by atoms with Crippen molar-refractivity contribution >= 4 is 43.2 Å². The molecule has 0 aliphatic heterocycles. The number of aryl methyl sites for hydroxylation is 1. The summed E-state index contributed by atoms with van der Waals surface area (Å²) >= 11 is 1.33. The molecule has 0 radical (unpaired) electrons. The highest BCUT2D eigenvalue weighted by atomic mass is 32.2. The Balaban J connectivity index is 1.35. The molecule has 2 aliphatic rings. The number of hydrogen-bond acceptors (Lipinski definition) is 7. The lowest BCUT2D eigenvalue weighted by molar-refractivity contribution is -0.143. The first-order valence-electron chi connectivity index (χ1n) is 15.2. The largest absolute Gasteiger partial charge is 0.385 e. The molecule has 4 atom stereocenters. The van der Waals surface area contributed by atoms with Crippen LogP contribution < -0.4 is 15.4 Å². The predicted octanol–water partition coefficient (Wildman–Crippen LogP) is 5.82. The van der Waals surface area contributed by atoms with Gasteiger partial charge < -0.3 is 15.7 Å². The molecule has 2 aromatic heterocycles. The number of amides is 1. The first-order chi connectivity index (χ1) is 20.6. The Kier molecular flexibility index (Phi) is 9.38. The summed E-state index contributed by atoms with van der Waals surface area (Å²) in [5.41, 5.74) is 3.56. The maximum atomic E-state index is 14.1. The summed E-state index contributed by atoms with van der Waals surface area (Å²) in [4.78, 5) is 19.9. The van der Waals surface area contributed by atoms with E-state index in [0.717, 1.165) is 41.4 Å². The number of nitrogens with zero attached hydrogens (tertiary/aromatic N) is 1. The molecule has 8 nitrogen and oxygen atoms in total. The minimum absolute atomic E-state index is 0.209. The van der Waals surface area contributed by atoms with Crippen molar-refractivity contribution in [2.24, 2.45) is 11.3 Å². The molecule has 44 heavy (non-hydrogen) atoms. The summed E-state index contributed by atoms with van der Waals surface area (Å²) in [5, 5.41) is 17.2. The van der Waals surface area contributed by atoms with Crippen LogP contribution in [0.25, 0.3) is 10.2 Å². The Labute approximate surface area is 262 Å². The standard InChI is InChI=1S/C32H42F2N4O4S2/c1-31(2,3)22-10-11-24-20(16-22)15-21-18-27(43-30(21)37-24)29(40)36-25(19-7-5-8-23(17-19)38-44(4,41)42)12-14-35-26-9-6-13-32(33,34)28(26)39/h5,7-8,15,17-18,22,25-26,28,35,38-39H,6,9-14,16H2,1-4H3,(H,36,40)/t22-,25+,26-,28+/m0/s1. The van der Waals surface area contributed by atoms with E-state index in [0.29, 0.717) is 41.3 Å². The minimum Gasteiger partial charge on any atom is -0.385 e. The summed E-state index contributed by atoms with van der Waals surface area (Å²) in [5.74, 6) is -2.87. The number of carbonyl (C=O) groups is 1. The Hall–Kier alpha value is -2.67. The lowest BCUT2D eigenvalue weighted by atomic mass is 9.71. The number of aliphatic hydroxyl groups excluding tert-OH is 1. The topological polar surface area (TPSA) is 120 Å². The Morgan fingerprint density at radius 2 is 1.98 bits per heavy atom. The molecule has 0 spiro atoms. The summed E-state index contributed by atoms with van der Waals surface area (Å²) in [6, 6.07) is 9.46. The molecule has 1 aromatic carbocycles. The van der Waals surface area contributed by atoms with Crippen molar-refractivity contribution in [3.63, 3.8) is 0 Å². The number of thiophene rings is 1. The zero-order valence-corrected chi connectivity index (χ0v) is 27.3. The van der Waals surface area contributed by atoms with E-state index in [1.165, 1.54) is 16.9 Å². The number of pyridine rings is 1. The van der Waals surface area contributed by atoms with Gasteiger partial charge in [0.05, 0.1) is 17.2 Å². The van der Waals surface area contributed by atoms with E-state index in [1.807, 2.05) is 6.07 Å². The molecular formula is C32H42F2N4O4S2. The SMILES string of the molecule is CC(C)(C)[C@H]1CCc2nc3sc(C(=O)N[C@H](CCN[C@H]4CCCC(F)(F)[C@@H]4O)c4cccc(NS(C)(=O)=O)c4)cc3cc2C1. The van der Waals surface area contributed by atoms with Crippen molar-refractivity contribution in [2.45, 2.75) is 89.8 Å². The van der Waals surface area contributed by atoms with Gasteiger partial charge in [0.15, 0.2) is 0 Å². The summed E-state index contributed by atoms with van der Waals surface area (Å²) in [7, 11) is -3.52. The number of carbonyl (C=O) groups excluding carboxylic acids is 1. The van der Waals surface area contributed by atoms with Crippen LogP contribution in [0.3, 0.4) is 0 Å². The second kappa shape index (κ2) is 12.6. The molecule has 0 bridgehead atoms. The van der Waals surface area contributed by atoms with Crippen LogP contribution >= 0.6 is 11.3 Å². The zero-order valence-electron chi connectivity index (χ0n) is 25.6. The number of alkyl halides is 2. The molecule has 2 heterocycles. The average Bonchev–Trinajstić information content (AvgIpc) is 3.35. The molecule has 1 fully saturated rings. The van der Waals surface area contributed by atoms with Gasteiger partial charge >= 0.3 is 0 Å². The van der Waals surface area contributed by atoms with Gasteiger partial charge in [0, 0.05) is 29.2 Å². The number of aromatic nitrogens is 1. The number of hydrogen-bond donors (Lipinski definition) is 4. The fourth-order valence-electron chi connectivity index (χ4n) is 6.34. The lowest BCUT2D eigenvalue weighted by Gasteiger charge is -2.35. The fourth-order valence-corrected chi connectivity index (χ4v) is 7.84. The molecule has 0 saturated heterocycles. The third-order valence-corrected chi connectivity index (χ3v) is 10.5. The number of rotatable bonds is 9. The zero-order chi connectivity index (χ0) is 31.9. The molecule has 5 rings (SSSR count). The van der Waals surface area contributed by atoms with Crippen molar-refractivity contribution in [1.82, 2.24) is 15.6 Å². The number of anilines is 1. The van der Waals surface area contributed by atoms with E-state index in [2.05, 4.69) is 42.2 Å². The maximum absolute atomic E-state index is 14.1. The highest BCUT2D eigenvalue weighted by Crippen LogP contribution is 2.39. The monoisotopic (exact) mass is 648 g/mol. The normalized spacial score (nSPS) is 22.8. The third kappa shape index (κ3) is 7.75. The summed E-state index contributed by atoms with van der Waals surface area (Å²) in [6.07, 6.45) is 2.98. The van der Waals surface area contributed by atoms with Crippen LogP contribution in [0.2, 0.25) is 0 Å². The van der Waals surface area contributed by atoms with Gasteiger partial charge in [-0.2, -0.15) is 0 Å². The molecule has 2 aliphatic carbocycles. The van der Waals surface area contributed by atoms with E-state index in [-0.39, 0.29) is 24.3 Å². The molecule has 3 aromatic rings. The molecule has 240 valence electrons. The highest BCUT2D eigenvalue weighted by molar-refractivity contribution is 7.92. The van der Waals surface area contributed by atoms with Crippen LogP contribution in [0.15, 0.2) is 36.4 Å². The van der Waals surface area contributed by atoms with Crippen LogP contribution in [0, 0.1) is 11.3 Å². The van der Waals surface area contributed by atoms with Crippen molar-refractivity contribution in [2.75, 3.05) is 17.5 Å². The molecular weight excluding hydrogens is 607 g/mol. The summed E-state index contributed by atoms with van der Waals surface area (Å²) < 4.78 is 54.3. The number of nitrogens with one attached hydrogen (secondary N) is 3. The summed E-state index contributed by atoms with van der Waals surface area (Å²) in [6.45, 7) is 7.06. The minimum atomic E-state index is -3.52. The lowest BCUT2D eigenvalue weighted by Crippen LogP contribution is -2.53. The number of halogens is 2. The van der Waals surface area contributed by atoms with Crippen molar-refractivity contribution < 1.29 is 27.1 Å². The third-order valence-electron chi connectivity index (χ3n) is 8.90. The first kappa shape index (κ1) is 32.7. The van der Waals surface area contributed by atoms with Gasteiger partial charge in [-0.25, -0.2) is 22.2 Å². The van der Waals surface area contributed by atoms with Gasteiger partial charge in [0.2, 0.25) is 10.0 Å². The molecule has 0 unspecified atom stereocenters. The van der Waals surface area contributed by atoms with Gasteiger partial charge in [0.25, 0.3) is 11.8 Å². The van der Waals surface area contributed by atoms with Crippen LogP contribution in [-0.4, -0.2) is 55.3 Å². The quantitative estimate of drug-likeness (QED) is 0.232.